The summed E-state index contributed by atoms with van der Waals surface area (Å²) in [4.78, 5) is 15.2. The smallest absolute Gasteiger partial charge is 0.264 e. The molecule has 2 heterocycles. The van der Waals surface area contributed by atoms with Gasteiger partial charge in [0.2, 0.25) is 0 Å². The number of nitrogens with zero attached hydrogens (tertiary/aromatic N) is 1. The maximum atomic E-state index is 13.4. The first-order chi connectivity index (χ1) is 14.1. The van der Waals surface area contributed by atoms with Gasteiger partial charge in [-0.1, -0.05) is 57.9 Å². The SMILES string of the molecule is CN1C(=O)[C@@]2(CC3=C(CCC3)[C@@H](COCc3ccccc3)O2)c2c(Br)cccc21. The summed E-state index contributed by atoms with van der Waals surface area (Å²) in [6, 6.07) is 16.1. The Labute approximate surface area is 179 Å². The van der Waals surface area contributed by atoms with Crippen molar-refractivity contribution in [1.82, 2.24) is 0 Å². The first-order valence-electron chi connectivity index (χ1n) is 10.2. The molecule has 2 atom stereocenters. The quantitative estimate of drug-likeness (QED) is 0.603. The Hall–Kier alpha value is -1.95. The second kappa shape index (κ2) is 7.38. The minimum atomic E-state index is -0.950. The zero-order chi connectivity index (χ0) is 20.0. The molecule has 0 aromatic heterocycles. The summed E-state index contributed by atoms with van der Waals surface area (Å²) in [5.74, 6) is 0.0194. The second-order valence-electron chi connectivity index (χ2n) is 8.09. The third-order valence-electron chi connectivity index (χ3n) is 6.36. The van der Waals surface area contributed by atoms with Crippen LogP contribution in [0.15, 0.2) is 64.1 Å². The van der Waals surface area contributed by atoms with Gasteiger partial charge in [-0.05, 0) is 42.5 Å². The van der Waals surface area contributed by atoms with Crippen LogP contribution in [0, 0.1) is 0 Å². The summed E-state index contributed by atoms with van der Waals surface area (Å²) in [6.07, 6.45) is 3.69. The Morgan fingerprint density at radius 2 is 2.00 bits per heavy atom. The van der Waals surface area contributed by atoms with Crippen LogP contribution < -0.4 is 4.90 Å². The number of fused-ring (bicyclic) bond motifs is 2. The monoisotopic (exact) mass is 453 g/mol. The summed E-state index contributed by atoms with van der Waals surface area (Å²) in [5.41, 5.74) is 4.81. The largest absolute Gasteiger partial charge is 0.374 e. The lowest BCUT2D eigenvalue weighted by Crippen LogP contribution is -2.47. The first-order valence-corrected chi connectivity index (χ1v) is 11.0. The van der Waals surface area contributed by atoms with Crippen molar-refractivity contribution in [2.75, 3.05) is 18.6 Å². The minimum Gasteiger partial charge on any atom is -0.374 e. The normalized spacial score (nSPS) is 25.7. The minimum absolute atomic E-state index is 0.0194. The van der Waals surface area contributed by atoms with Crippen LogP contribution in [0.5, 0.6) is 0 Å². The van der Waals surface area contributed by atoms with Gasteiger partial charge in [0.05, 0.1) is 18.9 Å². The average molecular weight is 454 g/mol. The van der Waals surface area contributed by atoms with Crippen LogP contribution in [0.25, 0.3) is 0 Å². The molecular weight excluding hydrogens is 430 g/mol. The van der Waals surface area contributed by atoms with Gasteiger partial charge in [-0.25, -0.2) is 0 Å². The van der Waals surface area contributed by atoms with Crippen molar-refractivity contribution >= 4 is 27.5 Å². The van der Waals surface area contributed by atoms with Crippen LogP contribution >= 0.6 is 15.9 Å². The van der Waals surface area contributed by atoms with Crippen molar-refractivity contribution < 1.29 is 14.3 Å². The molecule has 150 valence electrons. The van der Waals surface area contributed by atoms with Crippen LogP contribution in [-0.4, -0.2) is 25.7 Å². The number of likely N-dealkylation sites (N-methyl/N-ethyl adjacent to an activating group) is 1. The van der Waals surface area contributed by atoms with Crippen molar-refractivity contribution in [3.63, 3.8) is 0 Å². The molecule has 5 rings (SSSR count). The Balaban J connectivity index is 1.46. The third kappa shape index (κ3) is 3.07. The number of carbonyl (C=O) groups is 1. The number of carbonyl (C=O) groups excluding carboxylic acids is 1. The molecule has 0 bridgehead atoms. The number of ether oxygens (including phenoxy) is 2. The van der Waals surface area contributed by atoms with Crippen LogP contribution in [0.1, 0.15) is 36.8 Å². The molecule has 0 saturated heterocycles. The third-order valence-corrected chi connectivity index (χ3v) is 7.02. The number of hydrogen-bond acceptors (Lipinski definition) is 3. The highest BCUT2D eigenvalue weighted by Gasteiger charge is 2.56. The summed E-state index contributed by atoms with van der Waals surface area (Å²) < 4.78 is 13.7. The van der Waals surface area contributed by atoms with E-state index < -0.39 is 5.60 Å². The van der Waals surface area contributed by atoms with Crippen molar-refractivity contribution in [3.05, 3.63) is 75.3 Å². The topological polar surface area (TPSA) is 38.8 Å². The molecule has 1 amide bonds. The van der Waals surface area contributed by atoms with Crippen molar-refractivity contribution in [1.29, 1.82) is 0 Å². The van der Waals surface area contributed by atoms with Crippen LogP contribution in [0.2, 0.25) is 0 Å². The van der Waals surface area contributed by atoms with E-state index in [4.69, 9.17) is 9.47 Å². The van der Waals surface area contributed by atoms with Gasteiger partial charge in [0.1, 0.15) is 6.10 Å². The zero-order valence-electron chi connectivity index (χ0n) is 16.5. The Bertz CT molecular complexity index is 987. The lowest BCUT2D eigenvalue weighted by Gasteiger charge is -2.39. The highest BCUT2D eigenvalue weighted by atomic mass is 79.9. The van der Waals surface area contributed by atoms with E-state index >= 15 is 0 Å². The zero-order valence-corrected chi connectivity index (χ0v) is 18.1. The van der Waals surface area contributed by atoms with Crippen LogP contribution in [-0.2, 0) is 26.5 Å². The molecule has 2 aliphatic heterocycles. The number of halogens is 1. The number of rotatable bonds is 4. The molecule has 1 aliphatic carbocycles. The van der Waals surface area contributed by atoms with E-state index in [1.807, 2.05) is 43.4 Å². The fraction of sp³-hybridized carbons (Fsp3) is 0.375. The van der Waals surface area contributed by atoms with Gasteiger partial charge in [-0.15, -0.1) is 0 Å². The Morgan fingerprint density at radius 1 is 1.17 bits per heavy atom. The number of hydrogen-bond donors (Lipinski definition) is 0. The molecule has 1 spiro atoms. The van der Waals surface area contributed by atoms with Crippen LogP contribution in [0.3, 0.4) is 0 Å². The van der Waals surface area contributed by atoms with Gasteiger partial charge in [-0.3, -0.25) is 4.79 Å². The van der Waals surface area contributed by atoms with E-state index in [0.29, 0.717) is 19.6 Å². The number of amides is 1. The van der Waals surface area contributed by atoms with Gasteiger partial charge < -0.3 is 14.4 Å². The molecular formula is C24H24BrNO3. The number of benzene rings is 2. The highest BCUT2D eigenvalue weighted by Crippen LogP contribution is 2.54. The molecule has 0 fully saturated rings. The molecule has 3 aliphatic rings. The van der Waals surface area contributed by atoms with Gasteiger partial charge in [0, 0.05) is 23.5 Å². The molecule has 0 saturated carbocycles. The standard InChI is InChI=1S/C24H24BrNO3/c1-26-20-12-6-11-19(25)22(20)24(23(26)27)13-17-9-5-10-18(17)21(29-24)15-28-14-16-7-3-2-4-8-16/h2-4,6-8,11-12,21H,5,9-10,13-15H2,1H3/t21-,24-/m1/s1. The van der Waals surface area contributed by atoms with Gasteiger partial charge in [-0.2, -0.15) is 0 Å². The van der Waals surface area contributed by atoms with Crippen molar-refractivity contribution in [3.8, 4) is 0 Å². The average Bonchev–Trinajstić information content (AvgIpc) is 3.28. The van der Waals surface area contributed by atoms with Gasteiger partial charge in [0.15, 0.2) is 5.60 Å². The molecule has 0 unspecified atom stereocenters. The fourth-order valence-corrected chi connectivity index (χ4v) is 5.70. The maximum absolute atomic E-state index is 13.4. The van der Waals surface area contributed by atoms with Crippen molar-refractivity contribution in [2.45, 2.75) is 44.0 Å². The van der Waals surface area contributed by atoms with E-state index in [9.17, 15) is 4.79 Å². The predicted molar refractivity (Wildman–Crippen MR) is 116 cm³/mol. The second-order valence-corrected chi connectivity index (χ2v) is 8.95. The summed E-state index contributed by atoms with van der Waals surface area (Å²) in [5, 5.41) is 0. The molecule has 5 heteroatoms. The Morgan fingerprint density at radius 3 is 2.83 bits per heavy atom. The molecule has 4 nitrogen and oxygen atoms in total. The Kier molecular flexibility index (Phi) is 4.85. The first kappa shape index (κ1) is 19.0. The van der Waals surface area contributed by atoms with E-state index in [0.717, 1.165) is 40.5 Å². The summed E-state index contributed by atoms with van der Waals surface area (Å²) in [6.45, 7) is 1.01. The molecule has 29 heavy (non-hydrogen) atoms. The van der Waals surface area contributed by atoms with E-state index in [1.54, 1.807) is 4.90 Å². The molecule has 2 aromatic rings. The molecule has 0 N–H and O–H groups in total. The van der Waals surface area contributed by atoms with Crippen LogP contribution in [0.4, 0.5) is 5.69 Å². The van der Waals surface area contributed by atoms with Gasteiger partial charge in [0.25, 0.3) is 5.91 Å². The maximum Gasteiger partial charge on any atom is 0.264 e. The summed E-state index contributed by atoms with van der Waals surface area (Å²) in [7, 11) is 1.84. The highest BCUT2D eigenvalue weighted by molar-refractivity contribution is 9.10. The summed E-state index contributed by atoms with van der Waals surface area (Å²) >= 11 is 3.68. The number of anilines is 1. The van der Waals surface area contributed by atoms with Crippen molar-refractivity contribution in [2.24, 2.45) is 0 Å². The van der Waals surface area contributed by atoms with E-state index in [1.165, 1.54) is 11.1 Å². The van der Waals surface area contributed by atoms with Gasteiger partial charge >= 0.3 is 0 Å². The van der Waals surface area contributed by atoms with E-state index in [-0.39, 0.29) is 12.0 Å². The lowest BCUT2D eigenvalue weighted by molar-refractivity contribution is -0.158. The lowest BCUT2D eigenvalue weighted by atomic mass is 9.83. The molecule has 0 radical (unpaired) electrons. The predicted octanol–water partition coefficient (Wildman–Crippen LogP) is 5.11. The molecule has 2 aromatic carbocycles. The van der Waals surface area contributed by atoms with E-state index in [2.05, 4.69) is 28.1 Å². The fourth-order valence-electron chi connectivity index (χ4n) is 5.02.